The second kappa shape index (κ2) is 5.32. The summed E-state index contributed by atoms with van der Waals surface area (Å²) in [7, 11) is 0. The third-order valence-electron chi connectivity index (χ3n) is 2.52. The number of rotatable bonds is 7. The maximum atomic E-state index is 10.3. The van der Waals surface area contributed by atoms with Gasteiger partial charge in [-0.05, 0) is 6.42 Å². The van der Waals surface area contributed by atoms with Gasteiger partial charge in [-0.1, -0.05) is 26.2 Å². The van der Waals surface area contributed by atoms with Gasteiger partial charge in [-0.15, -0.1) is 0 Å². The molecule has 3 unspecified atom stereocenters. The van der Waals surface area contributed by atoms with Gasteiger partial charge >= 0.3 is 5.97 Å². The van der Waals surface area contributed by atoms with Gasteiger partial charge in [0, 0.05) is 6.42 Å². The molecule has 0 spiro atoms. The van der Waals surface area contributed by atoms with Crippen molar-refractivity contribution in [3.8, 4) is 0 Å². The molecule has 1 fully saturated rings. The highest BCUT2D eigenvalue weighted by molar-refractivity contribution is 5.71. The summed E-state index contributed by atoms with van der Waals surface area (Å²) in [5.41, 5.74) is 0. The van der Waals surface area contributed by atoms with Crippen molar-refractivity contribution in [2.24, 2.45) is 0 Å². The van der Waals surface area contributed by atoms with E-state index in [4.69, 9.17) is 14.9 Å². The van der Waals surface area contributed by atoms with Gasteiger partial charge in [0.25, 0.3) is 0 Å². The van der Waals surface area contributed by atoms with Crippen LogP contribution in [0.5, 0.6) is 0 Å². The Morgan fingerprint density at radius 3 is 2.71 bits per heavy atom. The minimum absolute atomic E-state index is 0.0297. The van der Waals surface area contributed by atoms with Crippen LogP contribution in [-0.2, 0) is 9.53 Å². The lowest BCUT2D eigenvalue weighted by Gasteiger charge is -2.01. The number of unbranched alkanes of at least 4 members (excludes halogenated alkanes) is 2. The Labute approximate surface area is 83.9 Å². The molecule has 1 saturated heterocycles. The topological polar surface area (TPSA) is 70.1 Å². The molecule has 4 nitrogen and oxygen atoms in total. The summed E-state index contributed by atoms with van der Waals surface area (Å²) in [6.45, 7) is 2.14. The van der Waals surface area contributed by atoms with Gasteiger partial charge in [-0.25, -0.2) is 4.79 Å². The average Bonchev–Trinajstić information content (AvgIpc) is 2.84. The molecule has 0 aromatic heterocycles. The van der Waals surface area contributed by atoms with Crippen molar-refractivity contribution in [2.75, 3.05) is 0 Å². The van der Waals surface area contributed by atoms with E-state index in [9.17, 15) is 4.79 Å². The highest BCUT2D eigenvalue weighted by atomic mass is 16.6. The van der Waals surface area contributed by atoms with Crippen LogP contribution in [0.2, 0.25) is 0 Å². The summed E-state index contributed by atoms with van der Waals surface area (Å²) in [4.78, 5) is 10.3. The van der Waals surface area contributed by atoms with Crippen molar-refractivity contribution in [3.63, 3.8) is 0 Å². The first-order valence-electron chi connectivity index (χ1n) is 5.21. The van der Waals surface area contributed by atoms with Crippen LogP contribution in [0.15, 0.2) is 0 Å². The van der Waals surface area contributed by atoms with Crippen LogP contribution in [0, 0.1) is 0 Å². The average molecular weight is 202 g/mol. The molecular formula is C10H18O4. The molecule has 1 aliphatic rings. The number of aliphatic hydroxyl groups excluding tert-OH is 1. The predicted molar refractivity (Wildman–Crippen MR) is 51.1 cm³/mol. The van der Waals surface area contributed by atoms with Crippen LogP contribution in [0.25, 0.3) is 0 Å². The minimum atomic E-state index is -1.27. The molecule has 0 aromatic carbocycles. The lowest BCUT2D eigenvalue weighted by atomic mass is 10.1. The van der Waals surface area contributed by atoms with Crippen LogP contribution >= 0.6 is 0 Å². The van der Waals surface area contributed by atoms with Crippen LogP contribution in [0.1, 0.15) is 39.0 Å². The van der Waals surface area contributed by atoms with Crippen LogP contribution in [-0.4, -0.2) is 34.5 Å². The zero-order chi connectivity index (χ0) is 10.6. The Kier molecular flexibility index (Phi) is 4.35. The summed E-state index contributed by atoms with van der Waals surface area (Å²) in [6.07, 6.45) is 3.60. The zero-order valence-electron chi connectivity index (χ0n) is 8.48. The van der Waals surface area contributed by atoms with E-state index in [2.05, 4.69) is 6.92 Å². The maximum Gasteiger partial charge on any atom is 0.332 e. The molecule has 0 saturated carbocycles. The van der Waals surface area contributed by atoms with Gasteiger partial charge in [-0.2, -0.15) is 0 Å². The normalized spacial score (nSPS) is 27.3. The van der Waals surface area contributed by atoms with E-state index in [0.29, 0.717) is 0 Å². The number of aliphatic carboxylic acids is 1. The van der Waals surface area contributed by atoms with E-state index in [1.165, 1.54) is 12.8 Å². The van der Waals surface area contributed by atoms with Crippen molar-refractivity contribution in [2.45, 2.75) is 57.3 Å². The lowest BCUT2D eigenvalue weighted by Crippen LogP contribution is -2.21. The van der Waals surface area contributed by atoms with Crippen molar-refractivity contribution in [1.29, 1.82) is 0 Å². The van der Waals surface area contributed by atoms with Crippen LogP contribution in [0.3, 0.4) is 0 Å². The highest BCUT2D eigenvalue weighted by Crippen LogP contribution is 2.30. The second-order valence-corrected chi connectivity index (χ2v) is 3.80. The monoisotopic (exact) mass is 202 g/mol. The molecule has 0 radical (unpaired) electrons. The number of hydrogen-bond acceptors (Lipinski definition) is 3. The number of ether oxygens (including phenoxy) is 1. The zero-order valence-corrected chi connectivity index (χ0v) is 8.48. The first kappa shape index (κ1) is 11.5. The molecular weight excluding hydrogens is 184 g/mol. The van der Waals surface area contributed by atoms with Crippen LogP contribution < -0.4 is 0 Å². The SMILES string of the molecule is CCCCCC1OC1CC(O)C(=O)O. The van der Waals surface area contributed by atoms with Gasteiger partial charge in [0.05, 0.1) is 12.2 Å². The third-order valence-corrected chi connectivity index (χ3v) is 2.52. The van der Waals surface area contributed by atoms with Gasteiger partial charge in [0.2, 0.25) is 0 Å². The standard InChI is InChI=1S/C10H18O4/c1-2-3-4-5-8-9(14-8)6-7(11)10(12)13/h7-9,11H,2-6H2,1H3,(H,12,13). The highest BCUT2D eigenvalue weighted by Gasteiger charge is 2.40. The van der Waals surface area contributed by atoms with Gasteiger partial charge in [0.1, 0.15) is 0 Å². The van der Waals surface area contributed by atoms with E-state index >= 15 is 0 Å². The van der Waals surface area contributed by atoms with Crippen molar-refractivity contribution < 1.29 is 19.7 Å². The number of epoxide rings is 1. The Morgan fingerprint density at radius 2 is 2.14 bits per heavy atom. The van der Waals surface area contributed by atoms with Crippen molar-refractivity contribution >= 4 is 5.97 Å². The smallest absolute Gasteiger partial charge is 0.332 e. The first-order chi connectivity index (χ1) is 6.65. The Bertz CT molecular complexity index is 193. The Balaban J connectivity index is 2.05. The van der Waals surface area contributed by atoms with Gasteiger partial charge in [-0.3, -0.25) is 0 Å². The van der Waals surface area contributed by atoms with E-state index in [-0.39, 0.29) is 18.6 Å². The van der Waals surface area contributed by atoms with E-state index in [1.807, 2.05) is 0 Å². The molecule has 82 valence electrons. The summed E-state index contributed by atoms with van der Waals surface area (Å²) in [6, 6.07) is 0. The number of aliphatic hydroxyl groups is 1. The summed E-state index contributed by atoms with van der Waals surface area (Å²) in [5.74, 6) is -1.16. The number of carbonyl (C=O) groups is 1. The molecule has 0 bridgehead atoms. The molecule has 1 rings (SSSR count). The number of carboxylic acid groups (broad SMARTS) is 1. The summed E-state index contributed by atoms with van der Waals surface area (Å²) >= 11 is 0. The van der Waals surface area contributed by atoms with Crippen LogP contribution in [0.4, 0.5) is 0 Å². The third kappa shape index (κ3) is 3.64. The minimum Gasteiger partial charge on any atom is -0.479 e. The summed E-state index contributed by atoms with van der Waals surface area (Å²) in [5, 5.41) is 17.5. The molecule has 2 N–H and O–H groups in total. The lowest BCUT2D eigenvalue weighted by molar-refractivity contribution is -0.147. The van der Waals surface area contributed by atoms with E-state index in [0.717, 1.165) is 12.8 Å². The molecule has 0 amide bonds. The molecule has 4 heteroatoms. The van der Waals surface area contributed by atoms with Crippen molar-refractivity contribution in [1.82, 2.24) is 0 Å². The van der Waals surface area contributed by atoms with Gasteiger partial charge in [0.15, 0.2) is 6.10 Å². The molecule has 1 heterocycles. The van der Waals surface area contributed by atoms with Crippen molar-refractivity contribution in [3.05, 3.63) is 0 Å². The van der Waals surface area contributed by atoms with Gasteiger partial charge < -0.3 is 14.9 Å². The maximum absolute atomic E-state index is 10.3. The molecule has 14 heavy (non-hydrogen) atoms. The fraction of sp³-hybridized carbons (Fsp3) is 0.900. The Morgan fingerprint density at radius 1 is 1.43 bits per heavy atom. The Hall–Kier alpha value is -0.610. The fourth-order valence-corrected chi connectivity index (χ4v) is 1.56. The largest absolute Gasteiger partial charge is 0.479 e. The number of hydrogen-bond donors (Lipinski definition) is 2. The quantitative estimate of drug-likeness (QED) is 0.480. The van der Waals surface area contributed by atoms with E-state index in [1.54, 1.807) is 0 Å². The molecule has 3 atom stereocenters. The summed E-state index contributed by atoms with van der Waals surface area (Å²) < 4.78 is 5.26. The first-order valence-corrected chi connectivity index (χ1v) is 5.21. The predicted octanol–water partition coefficient (Wildman–Crippen LogP) is 1.17. The van der Waals surface area contributed by atoms with E-state index < -0.39 is 12.1 Å². The fourth-order valence-electron chi connectivity index (χ4n) is 1.56. The molecule has 1 aliphatic heterocycles. The second-order valence-electron chi connectivity index (χ2n) is 3.80. The molecule has 0 aliphatic carbocycles. The number of carboxylic acids is 1. The molecule has 0 aromatic rings.